The van der Waals surface area contributed by atoms with Crippen LogP contribution in [0.15, 0.2) is 34.3 Å². The first-order chi connectivity index (χ1) is 8.56. The van der Waals surface area contributed by atoms with Gasteiger partial charge in [-0.15, -0.1) is 0 Å². The van der Waals surface area contributed by atoms with Crippen molar-refractivity contribution in [3.8, 4) is 0 Å². The minimum absolute atomic E-state index is 0.00290. The number of rotatable bonds is 2. The zero-order valence-corrected chi connectivity index (χ0v) is 10.3. The molecule has 0 radical (unpaired) electrons. The van der Waals surface area contributed by atoms with Crippen molar-refractivity contribution in [2.75, 3.05) is 0 Å². The first-order valence-corrected chi connectivity index (χ1v) is 5.58. The van der Waals surface area contributed by atoms with Crippen molar-refractivity contribution in [1.82, 2.24) is 10.6 Å². The number of allylic oxidation sites excluding steroid dienone is 2. The lowest BCUT2D eigenvalue weighted by molar-refractivity contribution is -0.123. The predicted molar refractivity (Wildman–Crippen MR) is 69.4 cm³/mol. The van der Waals surface area contributed by atoms with Crippen LogP contribution in [0.3, 0.4) is 0 Å². The van der Waals surface area contributed by atoms with E-state index in [0.717, 1.165) is 5.76 Å². The van der Waals surface area contributed by atoms with Crippen molar-refractivity contribution < 1.29 is 14.0 Å². The summed E-state index contributed by atoms with van der Waals surface area (Å²) in [6.45, 7) is 1.83. The first-order valence-electron chi connectivity index (χ1n) is 5.18. The van der Waals surface area contributed by atoms with Crippen molar-refractivity contribution in [2.24, 2.45) is 0 Å². The average Bonchev–Trinajstić information content (AvgIpc) is 2.68. The Morgan fingerprint density at radius 2 is 1.89 bits per heavy atom. The third-order valence-corrected chi connectivity index (χ3v) is 2.43. The molecule has 0 spiro atoms. The largest absolute Gasteiger partial charge is 0.462 e. The molecule has 6 heteroatoms. The molecule has 0 saturated carbocycles. The minimum Gasteiger partial charge on any atom is -0.462 e. The highest BCUT2D eigenvalue weighted by Gasteiger charge is 2.24. The molecule has 0 bridgehead atoms. The van der Waals surface area contributed by atoms with Gasteiger partial charge in [0.2, 0.25) is 0 Å². The lowest BCUT2D eigenvalue weighted by Crippen LogP contribution is -2.51. The van der Waals surface area contributed by atoms with Gasteiger partial charge in [0, 0.05) is 0 Å². The fraction of sp³-hybridized carbons (Fsp3) is 0.0833. The van der Waals surface area contributed by atoms with Gasteiger partial charge in [0.05, 0.1) is 0 Å². The van der Waals surface area contributed by atoms with E-state index in [1.165, 1.54) is 6.08 Å². The van der Waals surface area contributed by atoms with Crippen LogP contribution in [0.5, 0.6) is 0 Å². The Morgan fingerprint density at radius 1 is 1.22 bits per heavy atom. The molecule has 1 aromatic heterocycles. The number of hydrogen-bond acceptors (Lipinski definition) is 4. The van der Waals surface area contributed by atoms with Crippen LogP contribution in [0.25, 0.3) is 6.08 Å². The van der Waals surface area contributed by atoms with E-state index in [-0.39, 0.29) is 10.7 Å². The molecule has 18 heavy (non-hydrogen) atoms. The molecule has 92 valence electrons. The van der Waals surface area contributed by atoms with E-state index >= 15 is 0 Å². The fourth-order valence-electron chi connectivity index (χ4n) is 1.41. The molecule has 0 aromatic carbocycles. The van der Waals surface area contributed by atoms with E-state index in [1.807, 2.05) is 13.0 Å². The molecular formula is C12H10N2O3S. The third kappa shape index (κ3) is 2.72. The molecule has 1 fully saturated rings. The summed E-state index contributed by atoms with van der Waals surface area (Å²) >= 11 is 4.68. The number of carbonyl (C=O) groups is 2. The molecule has 2 rings (SSSR count). The van der Waals surface area contributed by atoms with Crippen molar-refractivity contribution in [2.45, 2.75) is 6.92 Å². The molecule has 1 saturated heterocycles. The van der Waals surface area contributed by atoms with Crippen LogP contribution in [-0.2, 0) is 9.59 Å². The van der Waals surface area contributed by atoms with Crippen LogP contribution in [0, 0.1) is 6.92 Å². The Balaban J connectivity index is 2.13. The van der Waals surface area contributed by atoms with Gasteiger partial charge in [0.1, 0.15) is 17.1 Å². The highest BCUT2D eigenvalue weighted by atomic mass is 32.1. The maximum atomic E-state index is 11.5. The minimum atomic E-state index is -0.510. The molecule has 2 amide bonds. The first kappa shape index (κ1) is 12.3. The number of amides is 2. The summed E-state index contributed by atoms with van der Waals surface area (Å²) in [6.07, 6.45) is 4.64. The molecule has 1 aliphatic rings. The van der Waals surface area contributed by atoms with Crippen LogP contribution in [-0.4, -0.2) is 16.9 Å². The number of carbonyl (C=O) groups excluding carboxylic acids is 2. The fourth-order valence-corrected chi connectivity index (χ4v) is 1.59. The van der Waals surface area contributed by atoms with Gasteiger partial charge in [0.15, 0.2) is 5.11 Å². The van der Waals surface area contributed by atoms with Gasteiger partial charge in [-0.1, -0.05) is 6.08 Å². The molecule has 2 N–H and O–H groups in total. The van der Waals surface area contributed by atoms with E-state index in [2.05, 4.69) is 22.9 Å². The topological polar surface area (TPSA) is 71.3 Å². The molecule has 0 atom stereocenters. The quantitative estimate of drug-likeness (QED) is 0.475. The van der Waals surface area contributed by atoms with Crippen LogP contribution in [0.1, 0.15) is 11.5 Å². The van der Waals surface area contributed by atoms with Gasteiger partial charge in [-0.05, 0) is 43.4 Å². The zero-order valence-electron chi connectivity index (χ0n) is 9.52. The molecule has 0 aliphatic carbocycles. The highest BCUT2D eigenvalue weighted by Crippen LogP contribution is 2.09. The second-order valence-electron chi connectivity index (χ2n) is 3.63. The molecule has 1 aliphatic heterocycles. The third-order valence-electron chi connectivity index (χ3n) is 2.23. The van der Waals surface area contributed by atoms with Crippen molar-refractivity contribution in [1.29, 1.82) is 0 Å². The maximum absolute atomic E-state index is 11.5. The summed E-state index contributed by atoms with van der Waals surface area (Å²) in [6, 6.07) is 3.62. The summed E-state index contributed by atoms with van der Waals surface area (Å²) in [5, 5.41) is 4.72. The van der Waals surface area contributed by atoms with Gasteiger partial charge in [-0.2, -0.15) is 0 Å². The normalized spacial score (nSPS) is 15.8. The average molecular weight is 262 g/mol. The number of aryl methyl sites for hydroxylation is 1. The Kier molecular flexibility index (Phi) is 3.38. The Bertz CT molecular complexity index is 562. The van der Waals surface area contributed by atoms with Crippen LogP contribution in [0.4, 0.5) is 0 Å². The summed E-state index contributed by atoms with van der Waals surface area (Å²) in [5.41, 5.74) is 0.00290. The van der Waals surface area contributed by atoms with Gasteiger partial charge in [-0.3, -0.25) is 20.2 Å². The lowest BCUT2D eigenvalue weighted by atomic mass is 10.2. The van der Waals surface area contributed by atoms with E-state index in [1.54, 1.807) is 18.2 Å². The van der Waals surface area contributed by atoms with Crippen LogP contribution in [0.2, 0.25) is 0 Å². The van der Waals surface area contributed by atoms with Crippen LogP contribution >= 0.6 is 12.2 Å². The second-order valence-corrected chi connectivity index (χ2v) is 4.03. The van der Waals surface area contributed by atoms with Crippen molar-refractivity contribution in [3.05, 3.63) is 41.4 Å². The van der Waals surface area contributed by atoms with E-state index in [9.17, 15) is 9.59 Å². The van der Waals surface area contributed by atoms with E-state index in [4.69, 9.17) is 4.42 Å². The highest BCUT2D eigenvalue weighted by molar-refractivity contribution is 7.80. The molecule has 5 nitrogen and oxygen atoms in total. The molecule has 1 aromatic rings. The van der Waals surface area contributed by atoms with Crippen LogP contribution < -0.4 is 10.6 Å². The summed E-state index contributed by atoms with van der Waals surface area (Å²) in [7, 11) is 0. The molecule has 0 unspecified atom stereocenters. The van der Waals surface area contributed by atoms with Gasteiger partial charge in [-0.25, -0.2) is 0 Å². The van der Waals surface area contributed by atoms with Gasteiger partial charge in [0.25, 0.3) is 11.8 Å². The standard InChI is InChI=1S/C12H10N2O3S/c1-7-5-6-8(17-7)3-2-4-9-10(15)13-12(18)14-11(9)16/h2-6H,1H3,(H2,13,14,15,16,18)/b3-2+. The smallest absolute Gasteiger partial charge is 0.263 e. The van der Waals surface area contributed by atoms with E-state index in [0.29, 0.717) is 5.76 Å². The van der Waals surface area contributed by atoms with Gasteiger partial charge >= 0.3 is 0 Å². The Labute approximate surface area is 109 Å². The predicted octanol–water partition coefficient (Wildman–Crippen LogP) is 1.06. The van der Waals surface area contributed by atoms with Gasteiger partial charge < -0.3 is 4.42 Å². The molecule has 2 heterocycles. The second kappa shape index (κ2) is 4.97. The Hall–Kier alpha value is -2.21. The molecular weight excluding hydrogens is 252 g/mol. The summed E-state index contributed by atoms with van der Waals surface area (Å²) < 4.78 is 5.31. The number of hydrogen-bond donors (Lipinski definition) is 2. The lowest BCUT2D eigenvalue weighted by Gasteiger charge is -2.15. The Morgan fingerprint density at radius 3 is 2.44 bits per heavy atom. The number of furan rings is 1. The number of nitrogens with one attached hydrogen (secondary N) is 2. The summed E-state index contributed by atoms with van der Waals surface area (Å²) in [4.78, 5) is 23.0. The maximum Gasteiger partial charge on any atom is 0.263 e. The SMILES string of the molecule is Cc1ccc(/C=C/C=C2C(=O)NC(=S)NC2=O)o1. The summed E-state index contributed by atoms with van der Waals surface area (Å²) in [5.74, 6) is 0.422. The van der Waals surface area contributed by atoms with Crippen molar-refractivity contribution in [3.63, 3.8) is 0 Å². The number of thiocarbonyl (C=S) groups is 1. The van der Waals surface area contributed by atoms with Crippen molar-refractivity contribution >= 4 is 35.2 Å². The zero-order chi connectivity index (χ0) is 13.1. The monoisotopic (exact) mass is 262 g/mol. The van der Waals surface area contributed by atoms with E-state index < -0.39 is 11.8 Å².